The molecule has 0 radical (unpaired) electrons. The summed E-state index contributed by atoms with van der Waals surface area (Å²) in [6.07, 6.45) is 0. The Bertz CT molecular complexity index is 698. The van der Waals surface area contributed by atoms with Gasteiger partial charge in [0.15, 0.2) is 0 Å². The Hall–Kier alpha value is -3.02. The molecule has 0 aromatic heterocycles. The molecule has 2 aromatic rings. The third-order valence-electron chi connectivity index (χ3n) is 2.90. The van der Waals surface area contributed by atoms with Crippen molar-refractivity contribution >= 4 is 28.9 Å². The Balaban J connectivity index is 2.32. The average Bonchev–Trinajstić information content (AvgIpc) is 2.49. The normalized spacial score (nSPS) is 9.95. The maximum absolute atomic E-state index is 11.5. The van der Waals surface area contributed by atoms with Gasteiger partial charge < -0.3 is 21.5 Å². The fourth-order valence-electron chi connectivity index (χ4n) is 1.82. The predicted molar refractivity (Wildman–Crippen MR) is 80.4 cm³/mol. The fourth-order valence-corrected chi connectivity index (χ4v) is 1.82. The largest absolute Gasteiger partial charge is 0.465 e. The monoisotopic (exact) mass is 285 g/mol. The van der Waals surface area contributed by atoms with Crippen LogP contribution in [-0.2, 0) is 4.74 Å². The number of carbonyl (C=O) groups is 2. The zero-order chi connectivity index (χ0) is 15.4. The van der Waals surface area contributed by atoms with Gasteiger partial charge in [0, 0.05) is 11.3 Å². The number of amides is 1. The minimum atomic E-state index is -0.519. The molecule has 5 N–H and O–H groups in total. The summed E-state index contributed by atoms with van der Waals surface area (Å²) in [5.74, 6) is -0.973. The molecule has 108 valence electrons. The molecular weight excluding hydrogens is 270 g/mol. The lowest BCUT2D eigenvalue weighted by atomic mass is 10.1. The summed E-state index contributed by atoms with van der Waals surface area (Å²) >= 11 is 0. The second-order valence-electron chi connectivity index (χ2n) is 4.36. The molecule has 0 bridgehead atoms. The van der Waals surface area contributed by atoms with E-state index >= 15 is 0 Å². The van der Waals surface area contributed by atoms with E-state index in [1.54, 1.807) is 42.5 Å². The molecule has 0 aliphatic rings. The molecular formula is C15H15N3O3. The van der Waals surface area contributed by atoms with Crippen LogP contribution >= 0.6 is 0 Å². The summed E-state index contributed by atoms with van der Waals surface area (Å²) < 4.78 is 4.66. The second-order valence-corrected chi connectivity index (χ2v) is 4.36. The zero-order valence-electron chi connectivity index (χ0n) is 11.4. The summed E-state index contributed by atoms with van der Waals surface area (Å²) in [6.45, 7) is 0. The van der Waals surface area contributed by atoms with Crippen LogP contribution < -0.4 is 16.8 Å². The molecule has 0 spiro atoms. The lowest BCUT2D eigenvalue weighted by molar-refractivity contribution is 0.0600. The highest BCUT2D eigenvalue weighted by atomic mass is 16.5. The van der Waals surface area contributed by atoms with Gasteiger partial charge in [-0.15, -0.1) is 0 Å². The lowest BCUT2D eigenvalue weighted by Gasteiger charge is -2.11. The number of hydrogen-bond donors (Lipinski definition) is 3. The van der Waals surface area contributed by atoms with Gasteiger partial charge in [-0.2, -0.15) is 0 Å². The van der Waals surface area contributed by atoms with Gasteiger partial charge in [0.2, 0.25) is 5.91 Å². The number of nitrogens with one attached hydrogen (secondary N) is 1. The van der Waals surface area contributed by atoms with Gasteiger partial charge in [-0.3, -0.25) is 4.79 Å². The van der Waals surface area contributed by atoms with Crippen molar-refractivity contribution in [3.63, 3.8) is 0 Å². The maximum Gasteiger partial charge on any atom is 0.337 e. The molecule has 0 atom stereocenters. The van der Waals surface area contributed by atoms with Crippen molar-refractivity contribution in [2.24, 2.45) is 5.73 Å². The quantitative estimate of drug-likeness (QED) is 0.587. The Kier molecular flexibility index (Phi) is 4.08. The number of benzene rings is 2. The lowest BCUT2D eigenvalue weighted by Crippen LogP contribution is -2.11. The van der Waals surface area contributed by atoms with E-state index in [-0.39, 0.29) is 0 Å². The number of ether oxygens (including phenoxy) is 1. The first-order valence-electron chi connectivity index (χ1n) is 6.16. The number of esters is 1. The summed E-state index contributed by atoms with van der Waals surface area (Å²) in [5, 5.41) is 3.05. The Morgan fingerprint density at radius 2 is 1.86 bits per heavy atom. The molecule has 6 nitrogen and oxygen atoms in total. The van der Waals surface area contributed by atoms with Crippen molar-refractivity contribution in [3.05, 3.63) is 53.6 Å². The van der Waals surface area contributed by atoms with Gasteiger partial charge in [0.25, 0.3) is 0 Å². The standard InChI is InChI=1S/C15H15N3O3/c1-21-15(20)10-5-6-12(16)13(8-10)18-11-4-2-3-9(7-11)14(17)19/h2-8,18H,16H2,1H3,(H2,17,19). The highest BCUT2D eigenvalue weighted by molar-refractivity contribution is 5.95. The summed E-state index contributed by atoms with van der Waals surface area (Å²) in [7, 11) is 1.31. The molecule has 21 heavy (non-hydrogen) atoms. The van der Waals surface area contributed by atoms with E-state index < -0.39 is 11.9 Å². The Labute approximate surface area is 121 Å². The van der Waals surface area contributed by atoms with Crippen molar-refractivity contribution in [1.29, 1.82) is 0 Å². The van der Waals surface area contributed by atoms with Crippen LogP contribution in [0.25, 0.3) is 0 Å². The van der Waals surface area contributed by atoms with E-state index in [0.717, 1.165) is 0 Å². The van der Waals surface area contributed by atoms with Crippen molar-refractivity contribution in [3.8, 4) is 0 Å². The van der Waals surface area contributed by atoms with E-state index in [1.165, 1.54) is 7.11 Å². The van der Waals surface area contributed by atoms with Crippen LogP contribution in [0.15, 0.2) is 42.5 Å². The van der Waals surface area contributed by atoms with Crippen LogP contribution in [0.4, 0.5) is 17.1 Å². The first kappa shape index (κ1) is 14.4. The minimum Gasteiger partial charge on any atom is -0.465 e. The zero-order valence-corrected chi connectivity index (χ0v) is 11.4. The van der Waals surface area contributed by atoms with Gasteiger partial charge in [0.05, 0.1) is 24.0 Å². The SMILES string of the molecule is COC(=O)c1ccc(N)c(Nc2cccc(C(N)=O)c2)c1. The number of carbonyl (C=O) groups excluding carboxylic acids is 2. The van der Waals surface area contributed by atoms with Crippen LogP contribution in [0, 0.1) is 0 Å². The Morgan fingerprint density at radius 3 is 2.52 bits per heavy atom. The number of methoxy groups -OCH3 is 1. The smallest absolute Gasteiger partial charge is 0.337 e. The minimum absolute atomic E-state index is 0.375. The molecule has 0 aliphatic heterocycles. The highest BCUT2D eigenvalue weighted by Gasteiger charge is 2.09. The van der Waals surface area contributed by atoms with E-state index in [1.807, 2.05) is 0 Å². The van der Waals surface area contributed by atoms with Gasteiger partial charge >= 0.3 is 5.97 Å². The number of nitrogen functional groups attached to an aromatic ring is 1. The van der Waals surface area contributed by atoms with Crippen LogP contribution in [0.2, 0.25) is 0 Å². The maximum atomic E-state index is 11.5. The van der Waals surface area contributed by atoms with Gasteiger partial charge in [-0.1, -0.05) is 6.07 Å². The molecule has 2 rings (SSSR count). The number of hydrogen-bond acceptors (Lipinski definition) is 5. The molecule has 0 fully saturated rings. The molecule has 2 aromatic carbocycles. The van der Waals surface area contributed by atoms with Crippen LogP contribution in [-0.4, -0.2) is 19.0 Å². The van der Waals surface area contributed by atoms with Gasteiger partial charge in [-0.25, -0.2) is 4.79 Å². The van der Waals surface area contributed by atoms with E-state index in [4.69, 9.17) is 11.5 Å². The number of primary amides is 1. The summed E-state index contributed by atoms with van der Waals surface area (Å²) in [6, 6.07) is 11.4. The fraction of sp³-hybridized carbons (Fsp3) is 0.0667. The first-order valence-corrected chi connectivity index (χ1v) is 6.16. The van der Waals surface area contributed by atoms with Crippen LogP contribution in [0.3, 0.4) is 0 Å². The third kappa shape index (κ3) is 3.30. The summed E-state index contributed by atoms with van der Waals surface area (Å²) in [4.78, 5) is 22.7. The van der Waals surface area contributed by atoms with Gasteiger partial charge in [0.1, 0.15) is 0 Å². The number of nitrogens with two attached hydrogens (primary N) is 2. The second kappa shape index (κ2) is 5.96. The van der Waals surface area contributed by atoms with Crippen LogP contribution in [0.1, 0.15) is 20.7 Å². The molecule has 0 heterocycles. The van der Waals surface area contributed by atoms with Gasteiger partial charge in [-0.05, 0) is 36.4 Å². The Morgan fingerprint density at radius 1 is 1.10 bits per heavy atom. The third-order valence-corrected chi connectivity index (χ3v) is 2.90. The van der Waals surface area contributed by atoms with Crippen molar-refractivity contribution < 1.29 is 14.3 Å². The van der Waals surface area contributed by atoms with E-state index in [2.05, 4.69) is 10.1 Å². The molecule has 1 amide bonds. The molecule has 0 unspecified atom stereocenters. The van der Waals surface area contributed by atoms with Crippen molar-refractivity contribution in [2.45, 2.75) is 0 Å². The molecule has 6 heteroatoms. The van der Waals surface area contributed by atoms with Crippen LogP contribution in [0.5, 0.6) is 0 Å². The molecule has 0 saturated heterocycles. The average molecular weight is 285 g/mol. The molecule has 0 aliphatic carbocycles. The van der Waals surface area contributed by atoms with E-state index in [0.29, 0.717) is 28.2 Å². The topological polar surface area (TPSA) is 107 Å². The summed E-state index contributed by atoms with van der Waals surface area (Å²) in [5.41, 5.74) is 13.5. The molecule has 0 saturated carbocycles. The van der Waals surface area contributed by atoms with E-state index in [9.17, 15) is 9.59 Å². The van der Waals surface area contributed by atoms with Crippen molar-refractivity contribution in [1.82, 2.24) is 0 Å². The number of anilines is 3. The predicted octanol–water partition coefficient (Wildman–Crippen LogP) is 1.90. The highest BCUT2D eigenvalue weighted by Crippen LogP contribution is 2.25. The first-order chi connectivity index (χ1) is 10.0. The number of rotatable bonds is 4. The van der Waals surface area contributed by atoms with Crippen molar-refractivity contribution in [2.75, 3.05) is 18.2 Å².